The second-order valence-electron chi connectivity index (χ2n) is 3.83. The molecule has 0 amide bonds. The fraction of sp³-hybridized carbons (Fsp3) is 0.636. The molecule has 0 fully saturated rings. The summed E-state index contributed by atoms with van der Waals surface area (Å²) in [6.07, 6.45) is -5.53. The van der Waals surface area contributed by atoms with Gasteiger partial charge in [-0.15, -0.1) is 0 Å². The molecule has 1 unspecified atom stereocenters. The van der Waals surface area contributed by atoms with Crippen molar-refractivity contribution in [3.63, 3.8) is 0 Å². The number of alkyl halides is 5. The third kappa shape index (κ3) is 7.02. The summed E-state index contributed by atoms with van der Waals surface area (Å²) in [5, 5.41) is 0. The van der Waals surface area contributed by atoms with Gasteiger partial charge in [0.15, 0.2) is 0 Å². The van der Waals surface area contributed by atoms with Crippen molar-refractivity contribution >= 4 is 12.6 Å². The standard InChI is InChI=1S/C11H17F5N4O/c1-4-19-9(11(14,15)16)20(3)8(17)5-7(6-18-2)21-10(12)13/h6,8,10H,2,4-5,17H2,1,3H3/b7-6+,19-9?. The maximum Gasteiger partial charge on any atom is 0.449 e. The zero-order valence-electron chi connectivity index (χ0n) is 11.6. The number of halogens is 5. The molecule has 2 N–H and O–H groups in total. The highest BCUT2D eigenvalue weighted by Gasteiger charge is 2.40. The first-order valence-corrected chi connectivity index (χ1v) is 5.83. The van der Waals surface area contributed by atoms with E-state index in [9.17, 15) is 22.0 Å². The first-order chi connectivity index (χ1) is 9.63. The maximum absolute atomic E-state index is 12.8. The highest BCUT2D eigenvalue weighted by atomic mass is 19.4. The topological polar surface area (TPSA) is 63.2 Å². The third-order valence-electron chi connectivity index (χ3n) is 2.28. The van der Waals surface area contributed by atoms with Gasteiger partial charge in [0.25, 0.3) is 0 Å². The Morgan fingerprint density at radius 2 is 2.00 bits per heavy atom. The van der Waals surface area contributed by atoms with Gasteiger partial charge >= 0.3 is 12.8 Å². The molecule has 0 aromatic rings. The lowest BCUT2D eigenvalue weighted by Gasteiger charge is -2.29. The molecular formula is C11H17F5N4O. The van der Waals surface area contributed by atoms with Crippen molar-refractivity contribution in [1.29, 1.82) is 0 Å². The first kappa shape index (κ1) is 19.3. The lowest BCUT2D eigenvalue weighted by molar-refractivity contribution is -0.101. The van der Waals surface area contributed by atoms with Gasteiger partial charge in [-0.2, -0.15) is 22.0 Å². The van der Waals surface area contributed by atoms with E-state index in [0.29, 0.717) is 4.90 Å². The Balaban J connectivity index is 5.05. The van der Waals surface area contributed by atoms with E-state index in [0.717, 1.165) is 13.2 Å². The minimum Gasteiger partial charge on any atom is -0.438 e. The maximum atomic E-state index is 12.8. The van der Waals surface area contributed by atoms with E-state index in [2.05, 4.69) is 21.4 Å². The van der Waals surface area contributed by atoms with E-state index in [1.807, 2.05) is 0 Å². The number of hydrogen-bond donors (Lipinski definition) is 1. The normalized spacial score (nSPS) is 15.1. The van der Waals surface area contributed by atoms with E-state index in [-0.39, 0.29) is 12.3 Å². The molecule has 0 rings (SSSR count). The summed E-state index contributed by atoms with van der Waals surface area (Å²) < 4.78 is 66.8. The lowest BCUT2D eigenvalue weighted by Crippen LogP contribution is -2.49. The smallest absolute Gasteiger partial charge is 0.438 e. The molecule has 0 aliphatic heterocycles. The van der Waals surface area contributed by atoms with Crippen molar-refractivity contribution in [2.45, 2.75) is 32.3 Å². The van der Waals surface area contributed by atoms with Crippen LogP contribution >= 0.6 is 0 Å². The van der Waals surface area contributed by atoms with Crippen molar-refractivity contribution in [3.05, 3.63) is 12.0 Å². The summed E-state index contributed by atoms with van der Waals surface area (Å²) in [6, 6.07) is 0. The zero-order valence-corrected chi connectivity index (χ0v) is 11.6. The molecular weight excluding hydrogens is 299 g/mol. The van der Waals surface area contributed by atoms with Crippen LogP contribution in [0, 0.1) is 0 Å². The number of rotatable bonds is 7. The summed E-state index contributed by atoms with van der Waals surface area (Å²) in [7, 11) is 1.06. The molecule has 5 nitrogen and oxygen atoms in total. The van der Waals surface area contributed by atoms with Crippen molar-refractivity contribution in [2.75, 3.05) is 13.6 Å². The number of hydrogen-bond acceptors (Lipinski definition) is 4. The minimum atomic E-state index is -4.70. The van der Waals surface area contributed by atoms with Crippen LogP contribution in [-0.2, 0) is 4.74 Å². The fourth-order valence-corrected chi connectivity index (χ4v) is 1.40. The molecule has 0 spiro atoms. The Morgan fingerprint density at radius 3 is 2.38 bits per heavy atom. The van der Waals surface area contributed by atoms with Crippen LogP contribution in [0.25, 0.3) is 0 Å². The second-order valence-corrected chi connectivity index (χ2v) is 3.83. The highest BCUT2D eigenvalue weighted by Crippen LogP contribution is 2.22. The highest BCUT2D eigenvalue weighted by molar-refractivity contribution is 5.87. The van der Waals surface area contributed by atoms with Crippen molar-refractivity contribution in [1.82, 2.24) is 4.90 Å². The number of aliphatic imine (C=N–C) groups is 2. The molecule has 0 aromatic carbocycles. The van der Waals surface area contributed by atoms with Gasteiger partial charge in [-0.05, 0) is 13.6 Å². The SMILES string of the molecule is C=N/C=C(\CC(N)N(C)C(=NCC)C(F)(F)F)OC(F)F. The van der Waals surface area contributed by atoms with Gasteiger partial charge in [0.1, 0.15) is 5.76 Å². The minimum absolute atomic E-state index is 0.101. The number of amidine groups is 1. The van der Waals surface area contributed by atoms with Crippen LogP contribution in [0.4, 0.5) is 22.0 Å². The summed E-state index contributed by atoms with van der Waals surface area (Å²) >= 11 is 0. The summed E-state index contributed by atoms with van der Waals surface area (Å²) in [5.74, 6) is -1.57. The third-order valence-corrected chi connectivity index (χ3v) is 2.28. The van der Waals surface area contributed by atoms with Crippen LogP contribution in [0.3, 0.4) is 0 Å². The average Bonchev–Trinajstić information content (AvgIpc) is 2.33. The Labute approximate surface area is 119 Å². The summed E-state index contributed by atoms with van der Waals surface area (Å²) in [4.78, 5) is 7.21. The Kier molecular flexibility index (Phi) is 7.85. The van der Waals surface area contributed by atoms with Gasteiger partial charge < -0.3 is 15.4 Å². The predicted octanol–water partition coefficient (Wildman–Crippen LogP) is 2.36. The Morgan fingerprint density at radius 1 is 1.43 bits per heavy atom. The number of nitrogens with zero attached hydrogens (tertiary/aromatic N) is 3. The molecule has 122 valence electrons. The Hall–Kier alpha value is -1.71. The van der Waals surface area contributed by atoms with Gasteiger partial charge in [-0.1, -0.05) is 0 Å². The first-order valence-electron chi connectivity index (χ1n) is 5.83. The lowest BCUT2D eigenvalue weighted by atomic mass is 10.2. The van der Waals surface area contributed by atoms with Crippen LogP contribution < -0.4 is 5.73 Å². The Bertz CT molecular complexity index is 395. The van der Waals surface area contributed by atoms with Gasteiger partial charge in [0.2, 0.25) is 5.84 Å². The van der Waals surface area contributed by atoms with E-state index in [1.165, 1.54) is 6.92 Å². The van der Waals surface area contributed by atoms with E-state index in [4.69, 9.17) is 5.73 Å². The van der Waals surface area contributed by atoms with E-state index in [1.54, 1.807) is 0 Å². The van der Waals surface area contributed by atoms with Gasteiger partial charge in [-0.3, -0.25) is 9.98 Å². The second kappa shape index (κ2) is 8.55. The molecule has 0 aliphatic rings. The van der Waals surface area contributed by atoms with E-state index >= 15 is 0 Å². The van der Waals surface area contributed by atoms with Crippen LogP contribution in [0.5, 0.6) is 0 Å². The summed E-state index contributed by atoms with van der Waals surface area (Å²) in [6.45, 7) is 1.24. The average molecular weight is 316 g/mol. The predicted molar refractivity (Wildman–Crippen MR) is 69.1 cm³/mol. The largest absolute Gasteiger partial charge is 0.449 e. The molecule has 21 heavy (non-hydrogen) atoms. The zero-order chi connectivity index (χ0) is 16.6. The molecule has 0 saturated heterocycles. The van der Waals surface area contributed by atoms with Crippen molar-refractivity contribution in [3.8, 4) is 0 Å². The number of nitrogens with two attached hydrogens (primary N) is 1. The summed E-state index contributed by atoms with van der Waals surface area (Å²) in [5.41, 5.74) is 5.57. The van der Waals surface area contributed by atoms with Crippen LogP contribution in [0.2, 0.25) is 0 Å². The molecule has 10 heteroatoms. The van der Waals surface area contributed by atoms with E-state index < -0.39 is 31.2 Å². The van der Waals surface area contributed by atoms with Gasteiger partial charge in [0.05, 0.1) is 12.4 Å². The number of ether oxygens (including phenoxy) is 1. The molecule has 0 radical (unpaired) electrons. The van der Waals surface area contributed by atoms with Crippen molar-refractivity contribution in [2.24, 2.45) is 15.7 Å². The molecule has 0 heterocycles. The fourth-order valence-electron chi connectivity index (χ4n) is 1.40. The molecule has 0 bridgehead atoms. The van der Waals surface area contributed by atoms with Gasteiger partial charge in [0, 0.05) is 20.0 Å². The van der Waals surface area contributed by atoms with Crippen molar-refractivity contribution < 1.29 is 26.7 Å². The van der Waals surface area contributed by atoms with Crippen LogP contribution in [-0.4, -0.2) is 50.0 Å². The molecule has 1 atom stereocenters. The van der Waals surface area contributed by atoms with Crippen LogP contribution in [0.1, 0.15) is 13.3 Å². The van der Waals surface area contributed by atoms with Crippen LogP contribution in [0.15, 0.2) is 21.9 Å². The quantitative estimate of drug-likeness (QED) is 0.258. The molecule has 0 aromatic heterocycles. The monoisotopic (exact) mass is 316 g/mol. The molecule has 0 saturated carbocycles. The molecule has 0 aliphatic carbocycles. The van der Waals surface area contributed by atoms with Gasteiger partial charge in [-0.25, -0.2) is 0 Å².